The Hall–Kier alpha value is -0.320. The molecule has 5 heteroatoms. The Kier molecular flexibility index (Phi) is 8.85. The van der Waals surface area contributed by atoms with E-state index < -0.39 is 0 Å². The lowest BCUT2D eigenvalue weighted by molar-refractivity contribution is -0.160. The van der Waals surface area contributed by atoms with Crippen LogP contribution in [0.4, 0.5) is 0 Å². The maximum atomic E-state index is 12.6. The van der Waals surface area contributed by atoms with Gasteiger partial charge in [-0.15, -0.1) is 12.4 Å². The van der Waals surface area contributed by atoms with Crippen LogP contribution in [-0.4, -0.2) is 49.8 Å². The minimum atomic E-state index is 0. The number of rotatable bonds is 5. The normalized spacial score (nSPS) is 25.7. The van der Waals surface area contributed by atoms with Crippen LogP contribution in [0.3, 0.4) is 0 Å². The fraction of sp³-hybridized carbons (Fsp3) is 0.947. The molecule has 3 fully saturated rings. The quantitative estimate of drug-likeness (QED) is 0.699. The minimum absolute atomic E-state index is 0. The Labute approximate surface area is 153 Å². The highest BCUT2D eigenvalue weighted by Gasteiger charge is 2.32. The molecule has 1 aliphatic heterocycles. The molecule has 140 valence electrons. The second kappa shape index (κ2) is 10.6. The topological polar surface area (TPSA) is 38.8 Å². The Balaban J connectivity index is 0.00000208. The van der Waals surface area contributed by atoms with Crippen LogP contribution in [0.2, 0.25) is 0 Å². The van der Waals surface area contributed by atoms with Gasteiger partial charge in [0.2, 0.25) is 0 Å². The molecular formula is C19H34ClNO3. The van der Waals surface area contributed by atoms with Crippen LogP contribution >= 0.6 is 12.4 Å². The molecule has 0 radical (unpaired) electrons. The number of carbonyl (C=O) groups is 1. The van der Waals surface area contributed by atoms with Crippen molar-refractivity contribution >= 4 is 18.4 Å². The monoisotopic (exact) mass is 359 g/mol. The van der Waals surface area contributed by atoms with Gasteiger partial charge in [0, 0.05) is 19.6 Å². The van der Waals surface area contributed by atoms with E-state index in [9.17, 15) is 4.79 Å². The van der Waals surface area contributed by atoms with Crippen molar-refractivity contribution in [3.05, 3.63) is 0 Å². The summed E-state index contributed by atoms with van der Waals surface area (Å²) < 4.78 is 11.6. The number of hydrogen-bond donors (Lipinski definition) is 0. The summed E-state index contributed by atoms with van der Waals surface area (Å²) in [5, 5.41) is 0. The summed E-state index contributed by atoms with van der Waals surface area (Å²) in [4.78, 5) is 15.1. The van der Waals surface area contributed by atoms with E-state index in [0.29, 0.717) is 5.92 Å². The minimum Gasteiger partial charge on any atom is -0.460 e. The number of halogens is 1. The van der Waals surface area contributed by atoms with Gasteiger partial charge in [-0.3, -0.25) is 9.69 Å². The molecule has 1 unspecified atom stereocenters. The first-order valence-corrected chi connectivity index (χ1v) is 9.83. The van der Waals surface area contributed by atoms with Gasteiger partial charge in [0.05, 0.1) is 19.1 Å². The molecule has 3 rings (SSSR count). The lowest BCUT2D eigenvalue weighted by Crippen LogP contribution is -2.45. The van der Waals surface area contributed by atoms with Crippen molar-refractivity contribution < 1.29 is 14.3 Å². The maximum Gasteiger partial charge on any atom is 0.309 e. The van der Waals surface area contributed by atoms with Gasteiger partial charge in [-0.25, -0.2) is 0 Å². The SMILES string of the molecule is Cl.O=C(OC(CN1CCOCC1)C1CCCCC1)C1CCCCC1. The second-order valence-corrected chi connectivity index (χ2v) is 7.62. The molecule has 2 saturated carbocycles. The molecule has 0 amide bonds. The maximum absolute atomic E-state index is 12.6. The molecule has 2 aliphatic carbocycles. The number of hydrogen-bond acceptors (Lipinski definition) is 4. The van der Waals surface area contributed by atoms with Crippen molar-refractivity contribution in [2.75, 3.05) is 32.8 Å². The van der Waals surface area contributed by atoms with Crippen molar-refractivity contribution in [1.82, 2.24) is 4.90 Å². The summed E-state index contributed by atoms with van der Waals surface area (Å²) in [5.41, 5.74) is 0. The Morgan fingerprint density at radius 2 is 1.54 bits per heavy atom. The van der Waals surface area contributed by atoms with E-state index in [1.165, 1.54) is 51.4 Å². The van der Waals surface area contributed by atoms with Gasteiger partial charge < -0.3 is 9.47 Å². The standard InChI is InChI=1S/C19H33NO3.ClH/c21-19(17-9-5-2-6-10-17)23-18(16-7-3-1-4-8-16)15-20-11-13-22-14-12-20;/h16-18H,1-15H2;1H. The van der Waals surface area contributed by atoms with Crippen LogP contribution in [0, 0.1) is 11.8 Å². The van der Waals surface area contributed by atoms with E-state index in [1.807, 2.05) is 0 Å². The predicted octanol–water partition coefficient (Wildman–Crippen LogP) is 3.81. The number of carbonyl (C=O) groups excluding carboxylic acids is 1. The molecule has 24 heavy (non-hydrogen) atoms. The molecule has 0 aromatic carbocycles. The van der Waals surface area contributed by atoms with E-state index in [-0.39, 0.29) is 30.4 Å². The number of morpholine rings is 1. The van der Waals surface area contributed by atoms with Gasteiger partial charge in [-0.05, 0) is 31.6 Å². The summed E-state index contributed by atoms with van der Waals surface area (Å²) >= 11 is 0. The summed E-state index contributed by atoms with van der Waals surface area (Å²) in [6.45, 7) is 4.49. The van der Waals surface area contributed by atoms with Crippen LogP contribution in [0.1, 0.15) is 64.2 Å². The highest BCUT2D eigenvalue weighted by Crippen LogP contribution is 2.31. The van der Waals surface area contributed by atoms with Crippen molar-refractivity contribution in [1.29, 1.82) is 0 Å². The van der Waals surface area contributed by atoms with E-state index >= 15 is 0 Å². The van der Waals surface area contributed by atoms with Crippen LogP contribution in [0.5, 0.6) is 0 Å². The molecule has 1 saturated heterocycles. The second-order valence-electron chi connectivity index (χ2n) is 7.62. The zero-order chi connectivity index (χ0) is 15.9. The summed E-state index contributed by atoms with van der Waals surface area (Å²) in [5.74, 6) is 0.826. The molecule has 3 aliphatic rings. The number of ether oxygens (including phenoxy) is 2. The van der Waals surface area contributed by atoms with Crippen LogP contribution in [0.15, 0.2) is 0 Å². The fourth-order valence-electron chi connectivity index (χ4n) is 4.41. The summed E-state index contributed by atoms with van der Waals surface area (Å²) in [6.07, 6.45) is 12.2. The zero-order valence-corrected chi connectivity index (χ0v) is 15.7. The Morgan fingerprint density at radius 1 is 0.958 bits per heavy atom. The molecule has 0 aromatic rings. The molecule has 0 bridgehead atoms. The van der Waals surface area contributed by atoms with Crippen molar-refractivity contribution in [2.24, 2.45) is 11.8 Å². The average Bonchev–Trinajstić information content (AvgIpc) is 2.63. The van der Waals surface area contributed by atoms with Gasteiger partial charge >= 0.3 is 5.97 Å². The molecule has 1 atom stereocenters. The summed E-state index contributed by atoms with van der Waals surface area (Å²) in [6, 6.07) is 0. The zero-order valence-electron chi connectivity index (χ0n) is 14.9. The lowest BCUT2D eigenvalue weighted by Gasteiger charge is -2.36. The van der Waals surface area contributed by atoms with Crippen LogP contribution in [0.25, 0.3) is 0 Å². The third-order valence-corrected chi connectivity index (χ3v) is 5.92. The third kappa shape index (κ3) is 5.89. The van der Waals surface area contributed by atoms with E-state index in [2.05, 4.69) is 4.90 Å². The number of nitrogens with zero attached hydrogens (tertiary/aromatic N) is 1. The Bertz CT molecular complexity index is 362. The third-order valence-electron chi connectivity index (χ3n) is 5.92. The van der Waals surface area contributed by atoms with E-state index in [0.717, 1.165) is 45.7 Å². The first-order valence-electron chi connectivity index (χ1n) is 9.83. The molecule has 1 heterocycles. The van der Waals surface area contributed by atoms with E-state index in [4.69, 9.17) is 9.47 Å². The molecule has 0 N–H and O–H groups in total. The molecule has 4 nitrogen and oxygen atoms in total. The largest absolute Gasteiger partial charge is 0.460 e. The van der Waals surface area contributed by atoms with Crippen LogP contribution in [-0.2, 0) is 14.3 Å². The van der Waals surface area contributed by atoms with Crippen molar-refractivity contribution in [2.45, 2.75) is 70.3 Å². The van der Waals surface area contributed by atoms with Gasteiger partial charge in [-0.2, -0.15) is 0 Å². The first kappa shape index (κ1) is 20.0. The smallest absolute Gasteiger partial charge is 0.309 e. The summed E-state index contributed by atoms with van der Waals surface area (Å²) in [7, 11) is 0. The molecule has 0 spiro atoms. The van der Waals surface area contributed by atoms with Gasteiger partial charge in [0.1, 0.15) is 6.10 Å². The highest BCUT2D eigenvalue weighted by molar-refractivity contribution is 5.85. The van der Waals surface area contributed by atoms with Gasteiger partial charge in [0.15, 0.2) is 0 Å². The van der Waals surface area contributed by atoms with Crippen molar-refractivity contribution in [3.8, 4) is 0 Å². The van der Waals surface area contributed by atoms with Gasteiger partial charge in [0.25, 0.3) is 0 Å². The van der Waals surface area contributed by atoms with E-state index in [1.54, 1.807) is 0 Å². The Morgan fingerprint density at radius 3 is 2.17 bits per heavy atom. The lowest BCUT2D eigenvalue weighted by atomic mass is 9.84. The predicted molar refractivity (Wildman–Crippen MR) is 97.5 cm³/mol. The molecular weight excluding hydrogens is 326 g/mol. The van der Waals surface area contributed by atoms with Crippen molar-refractivity contribution in [3.63, 3.8) is 0 Å². The first-order chi connectivity index (χ1) is 11.3. The fourth-order valence-corrected chi connectivity index (χ4v) is 4.41. The van der Waals surface area contributed by atoms with Crippen LogP contribution < -0.4 is 0 Å². The molecule has 0 aromatic heterocycles. The van der Waals surface area contributed by atoms with Gasteiger partial charge in [-0.1, -0.05) is 38.5 Å². The average molecular weight is 360 g/mol. The number of esters is 1. The highest BCUT2D eigenvalue weighted by atomic mass is 35.5.